The predicted octanol–water partition coefficient (Wildman–Crippen LogP) is 2.16. The van der Waals surface area contributed by atoms with Crippen molar-refractivity contribution in [1.29, 1.82) is 0 Å². The second-order valence-electron chi connectivity index (χ2n) is 5.09. The molecule has 1 atom stereocenters. The number of benzene rings is 1. The van der Waals surface area contributed by atoms with Crippen LogP contribution in [0.2, 0.25) is 0 Å². The molecular weight excluding hydrogens is 236 g/mol. The minimum absolute atomic E-state index is 0.0513. The van der Waals surface area contributed by atoms with E-state index < -0.39 is 0 Å². The molecule has 0 aliphatic heterocycles. The predicted molar refractivity (Wildman–Crippen MR) is 78.8 cm³/mol. The van der Waals surface area contributed by atoms with Crippen LogP contribution in [0.3, 0.4) is 0 Å². The second-order valence-corrected chi connectivity index (χ2v) is 5.09. The molecule has 1 amide bonds. The Hall–Kier alpha value is -1.79. The van der Waals surface area contributed by atoms with Crippen molar-refractivity contribution < 1.29 is 4.79 Å². The summed E-state index contributed by atoms with van der Waals surface area (Å²) in [6, 6.07) is 7.47. The first-order valence-corrected chi connectivity index (χ1v) is 6.62. The van der Waals surface area contributed by atoms with Crippen LogP contribution in [0, 0.1) is 17.8 Å². The summed E-state index contributed by atoms with van der Waals surface area (Å²) in [5.41, 5.74) is 6.79. The molecule has 0 spiro atoms. The minimum atomic E-state index is -0.0513. The fraction of sp³-hybridized carbons (Fsp3) is 0.438. The van der Waals surface area contributed by atoms with E-state index in [0.717, 1.165) is 12.0 Å². The van der Waals surface area contributed by atoms with Crippen LogP contribution < -0.4 is 11.1 Å². The summed E-state index contributed by atoms with van der Waals surface area (Å²) in [6.45, 7) is 6.63. The maximum absolute atomic E-state index is 12.1. The summed E-state index contributed by atoms with van der Waals surface area (Å²) in [4.78, 5) is 12.1. The summed E-state index contributed by atoms with van der Waals surface area (Å²) in [5.74, 6) is 6.23. The van der Waals surface area contributed by atoms with E-state index in [1.54, 1.807) is 12.1 Å². The third-order valence-electron chi connectivity index (χ3n) is 2.66. The van der Waals surface area contributed by atoms with Gasteiger partial charge in [-0.25, -0.2) is 0 Å². The lowest BCUT2D eigenvalue weighted by molar-refractivity contribution is 0.0936. The van der Waals surface area contributed by atoms with E-state index in [2.05, 4.69) is 31.0 Å². The van der Waals surface area contributed by atoms with Crippen LogP contribution in [-0.4, -0.2) is 18.5 Å². The Balaban J connectivity index is 2.71. The van der Waals surface area contributed by atoms with Crippen molar-refractivity contribution >= 4 is 5.91 Å². The summed E-state index contributed by atoms with van der Waals surface area (Å²) in [5, 5.41) is 3.00. The number of nitrogens with one attached hydrogen (secondary N) is 1. The van der Waals surface area contributed by atoms with Gasteiger partial charge in [0, 0.05) is 17.2 Å². The lowest BCUT2D eigenvalue weighted by Crippen LogP contribution is -2.33. The van der Waals surface area contributed by atoms with Crippen LogP contribution in [0.4, 0.5) is 0 Å². The molecule has 0 saturated heterocycles. The third kappa shape index (κ3) is 5.58. The normalized spacial score (nSPS) is 11.6. The Labute approximate surface area is 115 Å². The number of nitrogens with two attached hydrogens (primary N) is 1. The third-order valence-corrected chi connectivity index (χ3v) is 2.66. The van der Waals surface area contributed by atoms with Gasteiger partial charge in [0.15, 0.2) is 0 Å². The smallest absolute Gasteiger partial charge is 0.251 e. The van der Waals surface area contributed by atoms with Gasteiger partial charge in [-0.15, -0.1) is 0 Å². The van der Waals surface area contributed by atoms with E-state index in [1.165, 1.54) is 0 Å². The van der Waals surface area contributed by atoms with Crippen molar-refractivity contribution in [1.82, 2.24) is 5.32 Å². The molecule has 3 N–H and O–H groups in total. The van der Waals surface area contributed by atoms with Gasteiger partial charge in [0.25, 0.3) is 5.91 Å². The maximum Gasteiger partial charge on any atom is 0.251 e. The van der Waals surface area contributed by atoms with Crippen molar-refractivity contribution in [2.75, 3.05) is 6.54 Å². The number of amides is 1. The zero-order valence-corrected chi connectivity index (χ0v) is 11.9. The highest BCUT2D eigenvalue weighted by Gasteiger charge is 2.11. The molecule has 1 rings (SSSR count). The Bertz CT molecular complexity index is 483. The Morgan fingerprint density at radius 3 is 2.74 bits per heavy atom. The molecule has 0 aliphatic carbocycles. The van der Waals surface area contributed by atoms with Gasteiger partial charge in [0.1, 0.15) is 0 Å². The van der Waals surface area contributed by atoms with E-state index in [1.807, 2.05) is 19.1 Å². The number of rotatable bonds is 4. The van der Waals surface area contributed by atoms with Crippen molar-refractivity contribution in [3.63, 3.8) is 0 Å². The Kier molecular flexibility index (Phi) is 6.11. The van der Waals surface area contributed by atoms with Crippen LogP contribution in [0.25, 0.3) is 0 Å². The van der Waals surface area contributed by atoms with Crippen LogP contribution in [-0.2, 0) is 0 Å². The van der Waals surface area contributed by atoms with E-state index in [9.17, 15) is 4.79 Å². The molecule has 0 aromatic heterocycles. The van der Waals surface area contributed by atoms with E-state index in [0.29, 0.717) is 18.0 Å². The number of hydrogen-bond acceptors (Lipinski definition) is 2. The average Bonchev–Trinajstić information content (AvgIpc) is 2.35. The average molecular weight is 258 g/mol. The summed E-state index contributed by atoms with van der Waals surface area (Å²) < 4.78 is 0. The highest BCUT2D eigenvalue weighted by Crippen LogP contribution is 2.07. The van der Waals surface area contributed by atoms with Gasteiger partial charge in [-0.1, -0.05) is 31.8 Å². The fourth-order valence-electron chi connectivity index (χ4n) is 1.96. The second kappa shape index (κ2) is 7.60. The lowest BCUT2D eigenvalue weighted by atomic mass is 10.0. The lowest BCUT2D eigenvalue weighted by Gasteiger charge is -2.16. The van der Waals surface area contributed by atoms with Gasteiger partial charge in [-0.2, -0.15) is 0 Å². The first kappa shape index (κ1) is 15.3. The van der Waals surface area contributed by atoms with Gasteiger partial charge >= 0.3 is 0 Å². The molecule has 0 saturated carbocycles. The topological polar surface area (TPSA) is 55.1 Å². The highest BCUT2D eigenvalue weighted by molar-refractivity contribution is 5.94. The van der Waals surface area contributed by atoms with E-state index in [4.69, 9.17) is 5.73 Å². The van der Waals surface area contributed by atoms with Gasteiger partial charge < -0.3 is 11.1 Å². The standard InChI is InChI=1S/C16H22N2O/c1-12(2)10-13(3)18-16(19)15-8-4-6-14(11-15)7-5-9-17/h4,6,8,11-13H,9-10,17H2,1-3H3,(H,18,19). The van der Waals surface area contributed by atoms with Crippen molar-refractivity contribution in [2.24, 2.45) is 11.7 Å². The molecule has 1 aromatic carbocycles. The molecule has 0 radical (unpaired) electrons. The van der Waals surface area contributed by atoms with Crippen molar-refractivity contribution in [3.05, 3.63) is 35.4 Å². The fourth-order valence-corrected chi connectivity index (χ4v) is 1.96. The molecule has 3 heteroatoms. The summed E-state index contributed by atoms with van der Waals surface area (Å²) >= 11 is 0. The van der Waals surface area contributed by atoms with Crippen molar-refractivity contribution in [3.8, 4) is 11.8 Å². The molecule has 19 heavy (non-hydrogen) atoms. The first-order valence-electron chi connectivity index (χ1n) is 6.62. The molecule has 3 nitrogen and oxygen atoms in total. The quantitative estimate of drug-likeness (QED) is 0.813. The number of carbonyl (C=O) groups is 1. The van der Waals surface area contributed by atoms with Crippen LogP contribution >= 0.6 is 0 Å². The molecule has 1 aromatic rings. The van der Waals surface area contributed by atoms with Crippen LogP contribution in [0.15, 0.2) is 24.3 Å². The monoisotopic (exact) mass is 258 g/mol. The van der Waals surface area contributed by atoms with E-state index in [-0.39, 0.29) is 11.9 Å². The Morgan fingerprint density at radius 2 is 2.11 bits per heavy atom. The number of hydrogen-bond donors (Lipinski definition) is 2. The first-order chi connectivity index (χ1) is 9.02. The van der Waals surface area contributed by atoms with Gasteiger partial charge in [0.05, 0.1) is 6.54 Å². The molecule has 0 fully saturated rings. The molecule has 0 aliphatic rings. The van der Waals surface area contributed by atoms with Gasteiger partial charge in [0.2, 0.25) is 0 Å². The summed E-state index contributed by atoms with van der Waals surface area (Å²) in [7, 11) is 0. The number of carbonyl (C=O) groups excluding carboxylic acids is 1. The molecular formula is C16H22N2O. The zero-order valence-electron chi connectivity index (χ0n) is 11.9. The van der Waals surface area contributed by atoms with Crippen LogP contribution in [0.1, 0.15) is 43.1 Å². The molecule has 102 valence electrons. The maximum atomic E-state index is 12.1. The Morgan fingerprint density at radius 1 is 1.37 bits per heavy atom. The van der Waals surface area contributed by atoms with Crippen molar-refractivity contribution in [2.45, 2.75) is 33.2 Å². The molecule has 0 bridgehead atoms. The summed E-state index contributed by atoms with van der Waals surface area (Å²) in [6.07, 6.45) is 0.971. The highest BCUT2D eigenvalue weighted by atomic mass is 16.1. The van der Waals surface area contributed by atoms with E-state index >= 15 is 0 Å². The van der Waals surface area contributed by atoms with Gasteiger partial charge in [-0.05, 0) is 37.5 Å². The molecule has 1 unspecified atom stereocenters. The minimum Gasteiger partial charge on any atom is -0.350 e. The zero-order chi connectivity index (χ0) is 14.3. The van der Waals surface area contributed by atoms with Crippen LogP contribution in [0.5, 0.6) is 0 Å². The largest absolute Gasteiger partial charge is 0.350 e. The van der Waals surface area contributed by atoms with Gasteiger partial charge in [-0.3, -0.25) is 4.79 Å². The molecule has 0 heterocycles. The SMILES string of the molecule is CC(C)CC(C)NC(=O)c1cccc(C#CCN)c1.